The second-order valence-corrected chi connectivity index (χ2v) is 7.76. The van der Waals surface area contributed by atoms with Crippen molar-refractivity contribution in [2.75, 3.05) is 0 Å². The highest BCUT2D eigenvalue weighted by Gasteiger charge is 2.62. The maximum atomic E-state index is 14.1. The molecule has 11 heteroatoms. The van der Waals surface area contributed by atoms with Gasteiger partial charge in [0.2, 0.25) is 0 Å². The third-order valence-corrected chi connectivity index (χ3v) is 5.27. The first-order valence-corrected chi connectivity index (χ1v) is 8.76. The van der Waals surface area contributed by atoms with Crippen LogP contribution in [-0.2, 0) is 22.6 Å². The van der Waals surface area contributed by atoms with Crippen LogP contribution in [-0.4, -0.2) is 12.1 Å². The van der Waals surface area contributed by atoms with Gasteiger partial charge in [-0.15, -0.1) is 0 Å². The fourth-order valence-corrected chi connectivity index (χ4v) is 3.26. The highest BCUT2D eigenvalue weighted by atomic mass is 35.5. The van der Waals surface area contributed by atoms with E-state index in [1.165, 1.54) is 13.8 Å². The topological polar surface area (TPSA) is 26.3 Å². The zero-order valence-corrected chi connectivity index (χ0v) is 16.3. The Morgan fingerprint density at radius 3 is 2.00 bits per heavy atom. The van der Waals surface area contributed by atoms with Gasteiger partial charge in [0.15, 0.2) is 23.3 Å². The molecule has 1 fully saturated rings. The number of carbonyl (C=O) groups is 1. The highest BCUT2D eigenvalue weighted by Crippen LogP contribution is 2.60. The molecule has 0 saturated heterocycles. The SMILES string of the molecule is C=C(F)Cc1c(F)c(F)c(COC(=O)[C@H]2[C@@H](/C=C(\Cl)C(F)(F)F)C2(C)C)c(F)c1F. The molecule has 0 unspecified atom stereocenters. The van der Waals surface area contributed by atoms with Crippen LogP contribution < -0.4 is 0 Å². The van der Waals surface area contributed by atoms with Crippen molar-refractivity contribution in [1.82, 2.24) is 0 Å². The number of ether oxygens (including phenoxy) is 1. The monoisotopic (exact) mass is 462 g/mol. The molecule has 1 aliphatic carbocycles. The van der Waals surface area contributed by atoms with Crippen LogP contribution in [0.5, 0.6) is 0 Å². The van der Waals surface area contributed by atoms with Gasteiger partial charge in [0.1, 0.15) is 11.6 Å². The van der Waals surface area contributed by atoms with Gasteiger partial charge >= 0.3 is 12.1 Å². The van der Waals surface area contributed by atoms with Crippen molar-refractivity contribution in [3.63, 3.8) is 0 Å². The van der Waals surface area contributed by atoms with Crippen molar-refractivity contribution < 1.29 is 44.7 Å². The van der Waals surface area contributed by atoms with Crippen molar-refractivity contribution in [3.8, 4) is 0 Å². The van der Waals surface area contributed by atoms with Crippen molar-refractivity contribution in [2.24, 2.45) is 17.3 Å². The lowest BCUT2D eigenvalue weighted by atomic mass is 10.1. The number of allylic oxidation sites excluding steroid dienone is 3. The number of halogens is 9. The lowest BCUT2D eigenvalue weighted by Gasteiger charge is -2.12. The predicted octanol–water partition coefficient (Wildman–Crippen LogP) is 6.27. The Balaban J connectivity index is 2.20. The normalized spacial score (nSPS) is 20.8. The van der Waals surface area contributed by atoms with Gasteiger partial charge < -0.3 is 4.74 Å². The summed E-state index contributed by atoms with van der Waals surface area (Å²) in [7, 11) is 0. The standard InChI is InChI=1S/C19H15ClF8O2/c1-7(21)4-8-13(22)15(24)9(16(25)14(8)23)6-30-17(29)12-10(18(12,2)3)5-11(20)19(26,27)28/h5,10,12H,1,4,6H2,2-3H3/b11-5-/t10-,12-/m1/s1. The van der Waals surface area contributed by atoms with Gasteiger partial charge in [-0.3, -0.25) is 4.79 Å². The second-order valence-electron chi connectivity index (χ2n) is 7.35. The molecule has 1 saturated carbocycles. The maximum absolute atomic E-state index is 14.1. The van der Waals surface area contributed by atoms with Crippen LogP contribution in [0.1, 0.15) is 25.0 Å². The van der Waals surface area contributed by atoms with Gasteiger partial charge in [-0.25, -0.2) is 22.0 Å². The number of hydrogen-bond donors (Lipinski definition) is 0. The van der Waals surface area contributed by atoms with Gasteiger partial charge in [-0.2, -0.15) is 13.2 Å². The lowest BCUT2D eigenvalue weighted by molar-refractivity contribution is -0.147. The zero-order valence-electron chi connectivity index (χ0n) is 15.6. The van der Waals surface area contributed by atoms with E-state index in [-0.39, 0.29) is 0 Å². The molecule has 0 radical (unpaired) electrons. The second kappa shape index (κ2) is 8.20. The molecule has 0 aliphatic heterocycles. The van der Waals surface area contributed by atoms with Crippen LogP contribution in [0.25, 0.3) is 0 Å². The molecule has 0 N–H and O–H groups in total. The summed E-state index contributed by atoms with van der Waals surface area (Å²) in [5.74, 6) is -12.0. The van der Waals surface area contributed by atoms with Crippen LogP contribution in [0.4, 0.5) is 35.1 Å². The number of hydrogen-bond acceptors (Lipinski definition) is 2. The number of carbonyl (C=O) groups excluding carboxylic acids is 1. The van der Waals surface area contributed by atoms with Crippen LogP contribution in [0.3, 0.4) is 0 Å². The third-order valence-electron chi connectivity index (χ3n) is 4.93. The molecule has 0 spiro atoms. The predicted molar refractivity (Wildman–Crippen MR) is 90.8 cm³/mol. The first kappa shape index (κ1) is 24.2. The van der Waals surface area contributed by atoms with E-state index in [2.05, 4.69) is 11.3 Å². The Kier molecular flexibility index (Phi) is 6.61. The lowest BCUT2D eigenvalue weighted by Crippen LogP contribution is -2.15. The fraction of sp³-hybridized carbons (Fsp3) is 0.421. The van der Waals surface area contributed by atoms with Crippen molar-refractivity contribution in [3.05, 3.63) is 57.9 Å². The number of alkyl halides is 3. The van der Waals surface area contributed by atoms with E-state index in [1.54, 1.807) is 0 Å². The third kappa shape index (κ3) is 4.63. The molecular formula is C19H15ClF8O2. The molecule has 0 aromatic heterocycles. The minimum atomic E-state index is -4.82. The van der Waals surface area contributed by atoms with Gasteiger partial charge in [0, 0.05) is 12.0 Å². The molecule has 2 atom stereocenters. The van der Waals surface area contributed by atoms with Crippen molar-refractivity contribution >= 4 is 17.6 Å². The molecule has 1 aliphatic rings. The number of esters is 1. The van der Waals surface area contributed by atoms with E-state index >= 15 is 0 Å². The molecular weight excluding hydrogens is 448 g/mol. The Bertz CT molecular complexity index is 891. The summed E-state index contributed by atoms with van der Waals surface area (Å²) in [6.07, 6.45) is -5.29. The molecule has 0 amide bonds. The van der Waals surface area contributed by atoms with Crippen molar-refractivity contribution in [2.45, 2.75) is 33.1 Å². The number of rotatable bonds is 6. The summed E-state index contributed by atoms with van der Waals surface area (Å²) in [5, 5.41) is -1.44. The van der Waals surface area contributed by atoms with Gasteiger partial charge in [-0.1, -0.05) is 38.1 Å². The van der Waals surface area contributed by atoms with E-state index in [1.807, 2.05) is 0 Å². The summed E-state index contributed by atoms with van der Waals surface area (Å²) in [5.41, 5.74) is -3.48. The van der Waals surface area contributed by atoms with Crippen LogP contribution >= 0.6 is 11.6 Å². The zero-order chi connectivity index (χ0) is 23.2. The molecule has 2 rings (SSSR count). The molecule has 0 heterocycles. The Hall–Kier alpha value is -2.10. The van der Waals surface area contributed by atoms with E-state index in [9.17, 15) is 39.9 Å². The van der Waals surface area contributed by atoms with Crippen LogP contribution in [0, 0.1) is 40.5 Å². The van der Waals surface area contributed by atoms with Crippen molar-refractivity contribution in [1.29, 1.82) is 0 Å². The first-order chi connectivity index (χ1) is 13.6. The first-order valence-electron chi connectivity index (χ1n) is 8.38. The van der Waals surface area contributed by atoms with E-state index in [4.69, 9.17) is 11.6 Å². The Morgan fingerprint density at radius 2 is 1.57 bits per heavy atom. The summed E-state index contributed by atoms with van der Waals surface area (Å²) in [6.45, 7) is 4.42. The average molecular weight is 463 g/mol. The van der Waals surface area contributed by atoms with E-state index in [0.717, 1.165) is 0 Å². The van der Waals surface area contributed by atoms with Gasteiger partial charge in [0.25, 0.3) is 0 Å². The average Bonchev–Trinajstić information content (AvgIpc) is 3.16. The maximum Gasteiger partial charge on any atom is 0.426 e. The summed E-state index contributed by atoms with van der Waals surface area (Å²) in [6, 6.07) is 0. The minimum Gasteiger partial charge on any atom is -0.460 e. The summed E-state index contributed by atoms with van der Waals surface area (Å²) < 4.78 is 111. The van der Waals surface area contributed by atoms with E-state index in [0.29, 0.717) is 6.08 Å². The highest BCUT2D eigenvalue weighted by molar-refractivity contribution is 6.30. The smallest absolute Gasteiger partial charge is 0.426 e. The quantitative estimate of drug-likeness (QED) is 0.283. The summed E-state index contributed by atoms with van der Waals surface area (Å²) in [4.78, 5) is 12.2. The summed E-state index contributed by atoms with van der Waals surface area (Å²) >= 11 is 5.16. The van der Waals surface area contributed by atoms with E-state index < -0.39 is 87.7 Å². The fourth-order valence-electron chi connectivity index (χ4n) is 3.12. The van der Waals surface area contributed by atoms with Crippen LogP contribution in [0.2, 0.25) is 0 Å². The van der Waals surface area contributed by atoms with Gasteiger partial charge in [0.05, 0.1) is 17.3 Å². The molecule has 1 aromatic carbocycles. The molecule has 2 nitrogen and oxygen atoms in total. The Labute approximate surface area is 171 Å². The molecule has 0 bridgehead atoms. The van der Waals surface area contributed by atoms with Gasteiger partial charge in [-0.05, 0) is 11.3 Å². The molecule has 166 valence electrons. The molecule has 1 aromatic rings. The largest absolute Gasteiger partial charge is 0.460 e. The molecule has 30 heavy (non-hydrogen) atoms. The van der Waals surface area contributed by atoms with Crippen LogP contribution in [0.15, 0.2) is 23.5 Å². The minimum absolute atomic E-state index is 0.632. The Morgan fingerprint density at radius 1 is 1.10 bits per heavy atom. The number of benzene rings is 1.